The molecule has 0 spiro atoms. The average molecular weight is 334 g/mol. The lowest BCUT2D eigenvalue weighted by Gasteiger charge is -2.11. The number of amides is 1. The minimum atomic E-state index is -0.128. The summed E-state index contributed by atoms with van der Waals surface area (Å²) in [6.07, 6.45) is 0. The largest absolute Gasteiger partial charge is 0.322 e. The lowest BCUT2D eigenvalue weighted by atomic mass is 10.2. The van der Waals surface area contributed by atoms with Crippen LogP contribution in [0.15, 0.2) is 66.7 Å². The topological polar surface area (TPSA) is 34.0 Å². The highest BCUT2D eigenvalue weighted by Gasteiger charge is 2.18. The Morgan fingerprint density at radius 1 is 0.958 bits per heavy atom. The molecule has 3 rings (SSSR count). The van der Waals surface area contributed by atoms with Gasteiger partial charge in [-0.1, -0.05) is 60.7 Å². The molecule has 0 aliphatic rings. The van der Waals surface area contributed by atoms with Crippen LogP contribution in [0.25, 0.3) is 0 Å². The molecule has 0 unspecified atom stereocenters. The van der Waals surface area contributed by atoms with Gasteiger partial charge in [0.05, 0.1) is 5.56 Å². The van der Waals surface area contributed by atoms with Gasteiger partial charge in [0.25, 0.3) is 5.91 Å². The Kier molecular flexibility index (Phi) is 4.58. The molecule has 0 atom stereocenters. The summed E-state index contributed by atoms with van der Waals surface area (Å²) in [7, 11) is 0. The van der Waals surface area contributed by atoms with Gasteiger partial charge in [-0.2, -0.15) is 0 Å². The monoisotopic (exact) mass is 334 g/mol. The number of carbonyl (C=O) groups is 1. The van der Waals surface area contributed by atoms with E-state index >= 15 is 0 Å². The number of thiocarbonyl (C=S) groups is 1. The highest BCUT2D eigenvalue weighted by atomic mass is 32.1. The summed E-state index contributed by atoms with van der Waals surface area (Å²) in [5.41, 5.74) is 4.16. The van der Waals surface area contributed by atoms with Crippen LogP contribution in [0.5, 0.6) is 0 Å². The van der Waals surface area contributed by atoms with Gasteiger partial charge in [-0.15, -0.1) is 0 Å². The van der Waals surface area contributed by atoms with E-state index in [1.165, 1.54) is 0 Å². The first-order chi connectivity index (χ1) is 11.6. The fraction of sp³-hybridized carbons (Fsp3) is 0.100. The number of benzene rings is 2. The standard InChI is InChI=1S/C20H18N2OS/c1-14-13-18(19(23)21-17-11-7-4-8-12-17)15(2)22(14)20(24)16-9-5-3-6-10-16/h3-13H,1-2H3,(H,21,23). The van der Waals surface area contributed by atoms with Crippen molar-refractivity contribution in [3.8, 4) is 0 Å². The van der Waals surface area contributed by atoms with Crippen LogP contribution in [0.3, 0.4) is 0 Å². The van der Waals surface area contributed by atoms with E-state index in [0.29, 0.717) is 10.6 Å². The van der Waals surface area contributed by atoms with E-state index in [4.69, 9.17) is 12.2 Å². The fourth-order valence-corrected chi connectivity index (χ4v) is 3.15. The Balaban J connectivity index is 1.92. The maximum absolute atomic E-state index is 12.6. The van der Waals surface area contributed by atoms with Crippen molar-refractivity contribution in [3.05, 3.63) is 89.2 Å². The van der Waals surface area contributed by atoms with Crippen molar-refractivity contribution < 1.29 is 4.79 Å². The second kappa shape index (κ2) is 6.81. The summed E-state index contributed by atoms with van der Waals surface area (Å²) in [6.45, 7) is 3.88. The Bertz CT molecular complexity index is 883. The highest BCUT2D eigenvalue weighted by Crippen LogP contribution is 2.19. The van der Waals surface area contributed by atoms with Gasteiger partial charge < -0.3 is 9.88 Å². The SMILES string of the molecule is Cc1cc(C(=O)Nc2ccccc2)c(C)n1C(=S)c1ccccc1. The van der Waals surface area contributed by atoms with E-state index in [-0.39, 0.29) is 5.91 Å². The van der Waals surface area contributed by atoms with Crippen molar-refractivity contribution in [1.29, 1.82) is 0 Å². The minimum Gasteiger partial charge on any atom is -0.322 e. The van der Waals surface area contributed by atoms with E-state index in [2.05, 4.69) is 5.32 Å². The number of hydrogen-bond acceptors (Lipinski definition) is 2. The molecule has 1 amide bonds. The zero-order chi connectivity index (χ0) is 17.1. The number of carbonyl (C=O) groups excluding carboxylic acids is 1. The minimum absolute atomic E-state index is 0.128. The third kappa shape index (κ3) is 3.14. The molecule has 0 aliphatic carbocycles. The van der Waals surface area contributed by atoms with Gasteiger partial charge in [0.2, 0.25) is 0 Å². The number of nitrogens with one attached hydrogen (secondary N) is 1. The zero-order valence-corrected chi connectivity index (χ0v) is 14.4. The molecular weight excluding hydrogens is 316 g/mol. The van der Waals surface area contributed by atoms with E-state index in [1.54, 1.807) is 0 Å². The molecule has 0 bridgehead atoms. The quantitative estimate of drug-likeness (QED) is 0.711. The number of rotatable bonds is 3. The number of aromatic nitrogens is 1. The second-order valence-corrected chi connectivity index (χ2v) is 6.00. The van der Waals surface area contributed by atoms with E-state index in [0.717, 1.165) is 22.6 Å². The van der Waals surface area contributed by atoms with Crippen LogP contribution >= 0.6 is 12.2 Å². The molecule has 0 saturated carbocycles. The predicted octanol–water partition coefficient (Wildman–Crippen LogP) is 4.58. The van der Waals surface area contributed by atoms with Crippen LogP contribution in [0, 0.1) is 13.8 Å². The molecule has 120 valence electrons. The smallest absolute Gasteiger partial charge is 0.257 e. The van der Waals surface area contributed by atoms with Crippen molar-refractivity contribution >= 4 is 28.8 Å². The molecular formula is C20H18N2OS. The Labute approximate surface area is 146 Å². The van der Waals surface area contributed by atoms with Gasteiger partial charge in [0, 0.05) is 22.6 Å². The van der Waals surface area contributed by atoms with Gasteiger partial charge >= 0.3 is 0 Å². The van der Waals surface area contributed by atoms with E-state index < -0.39 is 0 Å². The second-order valence-electron chi connectivity index (χ2n) is 5.61. The average Bonchev–Trinajstić information content (AvgIpc) is 2.90. The molecule has 0 radical (unpaired) electrons. The maximum atomic E-state index is 12.6. The molecule has 2 aromatic carbocycles. The number of nitrogens with zero attached hydrogens (tertiary/aromatic N) is 1. The van der Waals surface area contributed by atoms with Crippen molar-refractivity contribution in [2.24, 2.45) is 0 Å². The molecule has 1 N–H and O–H groups in total. The van der Waals surface area contributed by atoms with Crippen LogP contribution in [0.2, 0.25) is 0 Å². The van der Waals surface area contributed by atoms with Gasteiger partial charge in [0.15, 0.2) is 0 Å². The van der Waals surface area contributed by atoms with Gasteiger partial charge in [-0.05, 0) is 32.0 Å². The lowest BCUT2D eigenvalue weighted by Crippen LogP contribution is -2.16. The molecule has 4 heteroatoms. The van der Waals surface area contributed by atoms with Crippen molar-refractivity contribution in [2.45, 2.75) is 13.8 Å². The zero-order valence-electron chi connectivity index (χ0n) is 13.6. The number of hydrogen-bond donors (Lipinski definition) is 1. The van der Waals surface area contributed by atoms with E-state index in [9.17, 15) is 4.79 Å². The van der Waals surface area contributed by atoms with Crippen LogP contribution in [-0.4, -0.2) is 15.5 Å². The normalized spacial score (nSPS) is 10.4. The van der Waals surface area contributed by atoms with Gasteiger partial charge in [-0.3, -0.25) is 4.79 Å². The number of anilines is 1. The van der Waals surface area contributed by atoms with Crippen LogP contribution in [-0.2, 0) is 0 Å². The van der Waals surface area contributed by atoms with Gasteiger partial charge in [0.1, 0.15) is 4.99 Å². The first-order valence-electron chi connectivity index (χ1n) is 7.73. The first kappa shape index (κ1) is 16.1. The number of aryl methyl sites for hydroxylation is 1. The van der Waals surface area contributed by atoms with Crippen molar-refractivity contribution in [3.63, 3.8) is 0 Å². The molecule has 3 aromatic rings. The lowest BCUT2D eigenvalue weighted by molar-refractivity contribution is 0.102. The molecule has 1 heterocycles. The molecule has 0 saturated heterocycles. The van der Waals surface area contributed by atoms with Gasteiger partial charge in [-0.25, -0.2) is 0 Å². The Morgan fingerprint density at radius 3 is 2.17 bits per heavy atom. The van der Waals surface area contributed by atoms with Crippen LogP contribution < -0.4 is 5.32 Å². The summed E-state index contributed by atoms with van der Waals surface area (Å²) in [6, 6.07) is 21.1. The first-order valence-corrected chi connectivity index (χ1v) is 8.14. The van der Waals surface area contributed by atoms with Crippen molar-refractivity contribution in [1.82, 2.24) is 4.57 Å². The Hall–Kier alpha value is -2.72. The summed E-state index contributed by atoms with van der Waals surface area (Å²) >= 11 is 5.62. The highest BCUT2D eigenvalue weighted by molar-refractivity contribution is 7.80. The predicted molar refractivity (Wildman–Crippen MR) is 102 cm³/mol. The summed E-state index contributed by atoms with van der Waals surface area (Å²) in [4.78, 5) is 13.3. The Morgan fingerprint density at radius 2 is 1.54 bits per heavy atom. The summed E-state index contributed by atoms with van der Waals surface area (Å²) < 4.78 is 1.95. The number of para-hydroxylation sites is 1. The maximum Gasteiger partial charge on any atom is 0.257 e. The van der Waals surface area contributed by atoms with Crippen molar-refractivity contribution in [2.75, 3.05) is 5.32 Å². The molecule has 24 heavy (non-hydrogen) atoms. The molecule has 0 aliphatic heterocycles. The molecule has 1 aromatic heterocycles. The van der Waals surface area contributed by atoms with Crippen LogP contribution in [0.4, 0.5) is 5.69 Å². The third-order valence-electron chi connectivity index (χ3n) is 3.93. The summed E-state index contributed by atoms with van der Waals surface area (Å²) in [5, 5.41) is 2.92. The van der Waals surface area contributed by atoms with Crippen LogP contribution in [0.1, 0.15) is 27.3 Å². The summed E-state index contributed by atoms with van der Waals surface area (Å²) in [5.74, 6) is -0.128. The molecule has 3 nitrogen and oxygen atoms in total. The van der Waals surface area contributed by atoms with E-state index in [1.807, 2.05) is 85.1 Å². The third-order valence-corrected chi connectivity index (χ3v) is 4.35. The molecule has 0 fully saturated rings. The fourth-order valence-electron chi connectivity index (χ4n) is 2.73.